The quantitative estimate of drug-likeness (QED) is 0.767. The Morgan fingerprint density at radius 2 is 1.88 bits per heavy atom. The minimum absolute atomic E-state index is 0.267. The first-order valence-electron chi connectivity index (χ1n) is 8.75. The zero-order valence-corrected chi connectivity index (χ0v) is 15.7. The molecule has 2 heterocycles. The van der Waals surface area contributed by atoms with E-state index < -0.39 is 10.0 Å². The Morgan fingerprint density at radius 3 is 2.62 bits per heavy atom. The Kier molecular flexibility index (Phi) is 4.20. The SMILES string of the molecule is Cc1nc2c(N3CCNC(C)C3)cccc2n1S(=O)(=O)c1ccccc1. The van der Waals surface area contributed by atoms with Gasteiger partial charge in [0.05, 0.1) is 16.1 Å². The van der Waals surface area contributed by atoms with E-state index in [1.807, 2.05) is 24.3 Å². The number of hydrogen-bond donors (Lipinski definition) is 1. The van der Waals surface area contributed by atoms with Crippen LogP contribution < -0.4 is 10.2 Å². The third kappa shape index (κ3) is 2.77. The summed E-state index contributed by atoms with van der Waals surface area (Å²) in [6, 6.07) is 14.6. The smallest absolute Gasteiger partial charge is 0.269 e. The third-order valence-electron chi connectivity index (χ3n) is 4.77. The van der Waals surface area contributed by atoms with Crippen LogP contribution in [0.15, 0.2) is 53.4 Å². The summed E-state index contributed by atoms with van der Waals surface area (Å²) in [5.41, 5.74) is 2.34. The molecule has 26 heavy (non-hydrogen) atoms. The van der Waals surface area contributed by atoms with E-state index in [2.05, 4.69) is 22.1 Å². The van der Waals surface area contributed by atoms with Crippen molar-refractivity contribution in [3.05, 3.63) is 54.4 Å². The standard InChI is InChI=1S/C19H22N4O2S/c1-14-13-22(12-11-20-14)17-9-6-10-18-19(17)21-15(2)23(18)26(24,25)16-7-4-3-5-8-16/h3-10,14,20H,11-13H2,1-2H3. The van der Waals surface area contributed by atoms with Gasteiger partial charge in [-0.2, -0.15) is 0 Å². The highest BCUT2D eigenvalue weighted by atomic mass is 32.2. The molecule has 0 aliphatic carbocycles. The normalized spacial score (nSPS) is 18.4. The molecule has 1 N–H and O–H groups in total. The molecule has 7 heteroatoms. The van der Waals surface area contributed by atoms with Gasteiger partial charge in [0.25, 0.3) is 10.0 Å². The fourth-order valence-corrected chi connectivity index (χ4v) is 5.09. The molecule has 136 valence electrons. The number of rotatable bonds is 3. The molecule has 6 nitrogen and oxygen atoms in total. The molecule has 1 saturated heterocycles. The summed E-state index contributed by atoms with van der Waals surface area (Å²) in [5.74, 6) is 0.472. The average molecular weight is 370 g/mol. The highest BCUT2D eigenvalue weighted by molar-refractivity contribution is 7.90. The second-order valence-electron chi connectivity index (χ2n) is 6.69. The maximum atomic E-state index is 13.2. The lowest BCUT2D eigenvalue weighted by molar-refractivity contribution is 0.485. The number of fused-ring (bicyclic) bond motifs is 1. The van der Waals surface area contributed by atoms with Crippen molar-refractivity contribution in [2.75, 3.05) is 24.5 Å². The summed E-state index contributed by atoms with van der Waals surface area (Å²) in [6.07, 6.45) is 0. The van der Waals surface area contributed by atoms with Crippen molar-refractivity contribution in [3.63, 3.8) is 0 Å². The van der Waals surface area contributed by atoms with Crippen LogP contribution in [0.5, 0.6) is 0 Å². The zero-order valence-electron chi connectivity index (χ0n) is 14.9. The van der Waals surface area contributed by atoms with Crippen LogP contribution in [0.25, 0.3) is 11.0 Å². The van der Waals surface area contributed by atoms with Gasteiger partial charge in [-0.1, -0.05) is 24.3 Å². The van der Waals surface area contributed by atoms with Crippen LogP contribution in [-0.4, -0.2) is 43.1 Å². The lowest BCUT2D eigenvalue weighted by Crippen LogP contribution is -2.49. The molecule has 1 fully saturated rings. The number of para-hydroxylation sites is 1. The molecule has 2 aromatic carbocycles. The van der Waals surface area contributed by atoms with E-state index in [1.54, 1.807) is 31.2 Å². The van der Waals surface area contributed by atoms with Gasteiger partial charge in [0, 0.05) is 25.7 Å². The number of imidazole rings is 1. The predicted molar refractivity (Wildman–Crippen MR) is 103 cm³/mol. The van der Waals surface area contributed by atoms with Crippen molar-refractivity contribution < 1.29 is 8.42 Å². The lowest BCUT2D eigenvalue weighted by atomic mass is 10.2. The van der Waals surface area contributed by atoms with E-state index in [0.717, 1.165) is 30.8 Å². The minimum Gasteiger partial charge on any atom is -0.367 e. The van der Waals surface area contributed by atoms with Crippen LogP contribution in [0.4, 0.5) is 5.69 Å². The van der Waals surface area contributed by atoms with E-state index in [0.29, 0.717) is 17.4 Å². The Labute approximate surface area is 153 Å². The molecule has 1 aliphatic heterocycles. The van der Waals surface area contributed by atoms with Gasteiger partial charge in [-0.15, -0.1) is 0 Å². The first kappa shape index (κ1) is 17.1. The van der Waals surface area contributed by atoms with E-state index in [4.69, 9.17) is 0 Å². The fourth-order valence-electron chi connectivity index (χ4n) is 3.59. The number of hydrogen-bond acceptors (Lipinski definition) is 5. The Hall–Kier alpha value is -2.38. The number of piperazine rings is 1. The molecule has 4 rings (SSSR count). The summed E-state index contributed by atoms with van der Waals surface area (Å²) in [7, 11) is -3.69. The molecule has 0 saturated carbocycles. The van der Waals surface area contributed by atoms with Crippen LogP contribution in [0.3, 0.4) is 0 Å². The van der Waals surface area contributed by atoms with Crippen LogP contribution in [0, 0.1) is 6.92 Å². The second kappa shape index (κ2) is 6.41. The molecular formula is C19H22N4O2S. The molecule has 0 spiro atoms. The van der Waals surface area contributed by atoms with Crippen LogP contribution >= 0.6 is 0 Å². The van der Waals surface area contributed by atoms with Gasteiger partial charge in [-0.3, -0.25) is 0 Å². The van der Waals surface area contributed by atoms with Crippen molar-refractivity contribution in [3.8, 4) is 0 Å². The number of aryl methyl sites for hydroxylation is 1. The maximum Gasteiger partial charge on any atom is 0.269 e. The third-order valence-corrected chi connectivity index (χ3v) is 6.58. The summed E-state index contributed by atoms with van der Waals surface area (Å²) >= 11 is 0. The monoisotopic (exact) mass is 370 g/mol. The van der Waals surface area contributed by atoms with E-state index >= 15 is 0 Å². The molecule has 0 amide bonds. The highest BCUT2D eigenvalue weighted by Gasteiger charge is 2.25. The van der Waals surface area contributed by atoms with Gasteiger partial charge >= 0.3 is 0 Å². The molecule has 1 atom stereocenters. The zero-order chi connectivity index (χ0) is 18.3. The van der Waals surface area contributed by atoms with Gasteiger partial charge in [0.1, 0.15) is 11.3 Å². The average Bonchev–Trinajstić information content (AvgIpc) is 2.99. The van der Waals surface area contributed by atoms with E-state index in [-0.39, 0.29) is 4.90 Å². The van der Waals surface area contributed by atoms with Crippen molar-refractivity contribution >= 4 is 26.7 Å². The van der Waals surface area contributed by atoms with Gasteiger partial charge < -0.3 is 10.2 Å². The topological polar surface area (TPSA) is 67.2 Å². The van der Waals surface area contributed by atoms with Crippen LogP contribution in [0.1, 0.15) is 12.7 Å². The number of nitrogens with one attached hydrogen (secondary N) is 1. The van der Waals surface area contributed by atoms with Gasteiger partial charge in [0.15, 0.2) is 0 Å². The Morgan fingerprint density at radius 1 is 1.12 bits per heavy atom. The molecule has 1 aliphatic rings. The second-order valence-corrected chi connectivity index (χ2v) is 8.47. The Bertz CT molecular complexity index is 1040. The number of nitrogens with zero attached hydrogens (tertiary/aromatic N) is 3. The first-order valence-corrected chi connectivity index (χ1v) is 10.2. The van der Waals surface area contributed by atoms with Gasteiger partial charge in [-0.05, 0) is 38.1 Å². The molecule has 1 unspecified atom stereocenters. The maximum absolute atomic E-state index is 13.2. The summed E-state index contributed by atoms with van der Waals surface area (Å²) in [4.78, 5) is 7.17. The van der Waals surface area contributed by atoms with Gasteiger partial charge in [0.2, 0.25) is 0 Å². The molecular weight excluding hydrogens is 348 g/mol. The van der Waals surface area contributed by atoms with Crippen molar-refractivity contribution in [2.24, 2.45) is 0 Å². The molecule has 0 radical (unpaired) electrons. The Balaban J connectivity index is 1.88. The fraction of sp³-hybridized carbons (Fsp3) is 0.316. The lowest BCUT2D eigenvalue weighted by Gasteiger charge is -2.33. The summed E-state index contributed by atoms with van der Waals surface area (Å²) < 4.78 is 27.7. The predicted octanol–water partition coefficient (Wildman–Crippen LogP) is 2.38. The van der Waals surface area contributed by atoms with Crippen molar-refractivity contribution in [1.82, 2.24) is 14.3 Å². The van der Waals surface area contributed by atoms with Crippen molar-refractivity contribution in [2.45, 2.75) is 24.8 Å². The largest absolute Gasteiger partial charge is 0.367 e. The summed E-state index contributed by atoms with van der Waals surface area (Å²) in [5, 5.41) is 3.43. The number of anilines is 1. The van der Waals surface area contributed by atoms with Crippen molar-refractivity contribution in [1.29, 1.82) is 0 Å². The van der Waals surface area contributed by atoms with Crippen LogP contribution in [0.2, 0.25) is 0 Å². The summed E-state index contributed by atoms with van der Waals surface area (Å²) in [6.45, 7) is 6.54. The number of benzene rings is 2. The number of aromatic nitrogens is 2. The van der Waals surface area contributed by atoms with Crippen LogP contribution in [-0.2, 0) is 10.0 Å². The molecule has 1 aromatic heterocycles. The molecule has 3 aromatic rings. The first-order chi connectivity index (χ1) is 12.5. The molecule has 0 bridgehead atoms. The van der Waals surface area contributed by atoms with E-state index in [9.17, 15) is 8.42 Å². The minimum atomic E-state index is -3.69. The van der Waals surface area contributed by atoms with Gasteiger partial charge in [-0.25, -0.2) is 17.4 Å². The highest BCUT2D eigenvalue weighted by Crippen LogP contribution is 2.30. The van der Waals surface area contributed by atoms with E-state index in [1.165, 1.54) is 3.97 Å².